The average molecular weight is 363 g/mol. The molecule has 1 amide bonds. The van der Waals surface area contributed by atoms with E-state index in [1.807, 2.05) is 6.92 Å². The van der Waals surface area contributed by atoms with E-state index < -0.39 is 0 Å². The summed E-state index contributed by atoms with van der Waals surface area (Å²) < 4.78 is 0.827. The number of aromatic nitrogens is 2. The molecule has 1 aliphatic rings. The van der Waals surface area contributed by atoms with Crippen LogP contribution in [-0.4, -0.2) is 27.9 Å². The van der Waals surface area contributed by atoms with Crippen molar-refractivity contribution < 1.29 is 4.79 Å². The summed E-state index contributed by atoms with van der Waals surface area (Å²) in [6.45, 7) is 4.14. The predicted octanol–water partition coefficient (Wildman–Crippen LogP) is 3.64. The molecule has 2 N–H and O–H groups in total. The van der Waals surface area contributed by atoms with Crippen molar-refractivity contribution in [2.24, 2.45) is 0 Å². The van der Waals surface area contributed by atoms with Gasteiger partial charge in [-0.1, -0.05) is 54.3 Å². The molecule has 3 rings (SSSR count). The maximum atomic E-state index is 12.1. The minimum Gasteiger partial charge on any atom is -0.357 e. The van der Waals surface area contributed by atoms with E-state index in [1.165, 1.54) is 41.5 Å². The minimum absolute atomic E-state index is 0.00511. The highest BCUT2D eigenvalue weighted by Gasteiger charge is 2.22. The Kier molecular flexibility index (Phi) is 5.73. The maximum absolute atomic E-state index is 12.1. The third-order valence-corrected chi connectivity index (χ3v) is 5.89. The minimum atomic E-state index is 0.00511. The topological polar surface area (TPSA) is 66.9 Å². The van der Waals surface area contributed by atoms with Crippen molar-refractivity contribution >= 4 is 34.1 Å². The third-order valence-electron chi connectivity index (χ3n) is 3.90. The van der Waals surface area contributed by atoms with Crippen LogP contribution in [-0.2, 0) is 11.2 Å². The lowest BCUT2D eigenvalue weighted by molar-refractivity contribution is -0.119. The highest BCUT2D eigenvalue weighted by molar-refractivity contribution is 8.01. The fourth-order valence-corrected chi connectivity index (χ4v) is 3.90. The number of carbonyl (C=O) groups excluding carboxylic acids is 1. The molecule has 1 atom stereocenters. The number of carbonyl (C=O) groups is 1. The van der Waals surface area contributed by atoms with E-state index in [2.05, 4.69) is 52.0 Å². The van der Waals surface area contributed by atoms with Gasteiger partial charge >= 0.3 is 0 Å². The Balaban J connectivity index is 1.44. The zero-order valence-corrected chi connectivity index (χ0v) is 15.5. The molecule has 1 fully saturated rings. The molecule has 1 unspecified atom stereocenters. The first-order valence-electron chi connectivity index (χ1n) is 8.25. The summed E-state index contributed by atoms with van der Waals surface area (Å²) in [6, 6.07) is 8.96. The molecule has 5 nitrogen and oxygen atoms in total. The second-order valence-corrected chi connectivity index (χ2v) is 8.16. The van der Waals surface area contributed by atoms with Gasteiger partial charge in [-0.3, -0.25) is 4.79 Å². The van der Waals surface area contributed by atoms with Gasteiger partial charge in [0.1, 0.15) is 0 Å². The molecular formula is C17H22N4OS2. The molecule has 2 aromatic rings. The number of benzene rings is 1. The van der Waals surface area contributed by atoms with Crippen LogP contribution < -0.4 is 10.6 Å². The van der Waals surface area contributed by atoms with Gasteiger partial charge in [0.05, 0.1) is 11.8 Å². The van der Waals surface area contributed by atoms with Crippen molar-refractivity contribution in [1.82, 2.24) is 15.5 Å². The van der Waals surface area contributed by atoms with Crippen LogP contribution in [0, 0.1) is 0 Å². The van der Waals surface area contributed by atoms with Crippen LogP contribution >= 0.6 is 23.1 Å². The SMILES string of the molecule is CCc1ccc(C(C)NC(=O)CSc2nnc(NC3CC3)s2)cc1. The first kappa shape index (κ1) is 17.2. The van der Waals surface area contributed by atoms with Crippen molar-refractivity contribution in [1.29, 1.82) is 0 Å². The number of hydrogen-bond donors (Lipinski definition) is 2. The molecule has 1 aromatic carbocycles. The van der Waals surface area contributed by atoms with E-state index in [4.69, 9.17) is 0 Å². The second-order valence-electron chi connectivity index (χ2n) is 5.96. The summed E-state index contributed by atoms with van der Waals surface area (Å²) in [4.78, 5) is 12.1. The lowest BCUT2D eigenvalue weighted by atomic mass is 10.1. The van der Waals surface area contributed by atoms with Gasteiger partial charge in [0.2, 0.25) is 11.0 Å². The monoisotopic (exact) mass is 362 g/mol. The van der Waals surface area contributed by atoms with Crippen molar-refractivity contribution in [3.8, 4) is 0 Å². The van der Waals surface area contributed by atoms with Crippen LogP contribution in [0.15, 0.2) is 28.6 Å². The summed E-state index contributed by atoms with van der Waals surface area (Å²) in [6.07, 6.45) is 3.44. The van der Waals surface area contributed by atoms with Crippen LogP contribution in [0.3, 0.4) is 0 Å². The zero-order valence-electron chi connectivity index (χ0n) is 13.9. The fourth-order valence-electron chi connectivity index (χ4n) is 2.26. The van der Waals surface area contributed by atoms with Gasteiger partial charge < -0.3 is 10.6 Å². The van der Waals surface area contributed by atoms with E-state index in [0.717, 1.165) is 21.5 Å². The Morgan fingerprint density at radius 2 is 2.08 bits per heavy atom. The highest BCUT2D eigenvalue weighted by atomic mass is 32.2. The van der Waals surface area contributed by atoms with Crippen LogP contribution in [0.5, 0.6) is 0 Å². The molecule has 7 heteroatoms. The summed E-state index contributed by atoms with van der Waals surface area (Å²) in [5, 5.41) is 15.4. The van der Waals surface area contributed by atoms with Gasteiger partial charge in [-0.05, 0) is 37.3 Å². The number of anilines is 1. The third kappa shape index (κ3) is 4.95. The fraction of sp³-hybridized carbons (Fsp3) is 0.471. The molecule has 128 valence electrons. The number of aryl methyl sites for hydroxylation is 1. The van der Waals surface area contributed by atoms with E-state index in [-0.39, 0.29) is 11.9 Å². The van der Waals surface area contributed by atoms with E-state index in [1.54, 1.807) is 0 Å². The quantitative estimate of drug-likeness (QED) is 0.702. The largest absolute Gasteiger partial charge is 0.357 e. The Morgan fingerprint density at radius 1 is 1.33 bits per heavy atom. The summed E-state index contributed by atoms with van der Waals surface area (Å²) in [7, 11) is 0. The van der Waals surface area contributed by atoms with Crippen LogP contribution in [0.2, 0.25) is 0 Å². The predicted molar refractivity (Wildman–Crippen MR) is 99.7 cm³/mol. The zero-order chi connectivity index (χ0) is 16.9. The Labute approximate surface area is 150 Å². The molecule has 1 saturated carbocycles. The van der Waals surface area contributed by atoms with E-state index >= 15 is 0 Å². The molecule has 0 aliphatic heterocycles. The molecule has 1 heterocycles. The first-order chi connectivity index (χ1) is 11.6. The van der Waals surface area contributed by atoms with Crippen molar-refractivity contribution in [3.05, 3.63) is 35.4 Å². The molecule has 0 saturated heterocycles. The van der Waals surface area contributed by atoms with Gasteiger partial charge in [-0.15, -0.1) is 10.2 Å². The summed E-state index contributed by atoms with van der Waals surface area (Å²) in [5.74, 6) is 0.370. The van der Waals surface area contributed by atoms with Gasteiger partial charge in [0, 0.05) is 6.04 Å². The van der Waals surface area contributed by atoms with Crippen molar-refractivity contribution in [2.45, 2.75) is 49.5 Å². The van der Waals surface area contributed by atoms with Gasteiger partial charge in [0.15, 0.2) is 4.34 Å². The summed E-state index contributed by atoms with van der Waals surface area (Å²) >= 11 is 2.95. The van der Waals surface area contributed by atoms with Gasteiger partial charge in [-0.2, -0.15) is 0 Å². The number of nitrogens with one attached hydrogen (secondary N) is 2. The Morgan fingerprint density at radius 3 is 2.75 bits per heavy atom. The molecular weight excluding hydrogens is 340 g/mol. The van der Waals surface area contributed by atoms with Gasteiger partial charge in [0.25, 0.3) is 0 Å². The molecule has 0 spiro atoms. The van der Waals surface area contributed by atoms with Crippen LogP contribution in [0.1, 0.15) is 43.9 Å². The summed E-state index contributed by atoms with van der Waals surface area (Å²) in [5.41, 5.74) is 2.43. The maximum Gasteiger partial charge on any atom is 0.230 e. The van der Waals surface area contributed by atoms with Crippen molar-refractivity contribution in [2.75, 3.05) is 11.1 Å². The molecule has 1 aromatic heterocycles. The van der Waals surface area contributed by atoms with Crippen LogP contribution in [0.4, 0.5) is 5.13 Å². The van der Waals surface area contributed by atoms with Crippen molar-refractivity contribution in [3.63, 3.8) is 0 Å². The molecule has 24 heavy (non-hydrogen) atoms. The Bertz CT molecular complexity index is 682. The molecule has 1 aliphatic carbocycles. The number of nitrogens with zero attached hydrogens (tertiary/aromatic N) is 2. The number of amides is 1. The lowest BCUT2D eigenvalue weighted by Gasteiger charge is -2.14. The van der Waals surface area contributed by atoms with E-state index in [0.29, 0.717) is 11.8 Å². The smallest absolute Gasteiger partial charge is 0.230 e. The van der Waals surface area contributed by atoms with Gasteiger partial charge in [-0.25, -0.2) is 0 Å². The number of thioether (sulfide) groups is 1. The number of rotatable bonds is 8. The van der Waals surface area contributed by atoms with Crippen LogP contribution in [0.25, 0.3) is 0 Å². The average Bonchev–Trinajstić information content (AvgIpc) is 3.29. The molecule has 0 bridgehead atoms. The second kappa shape index (κ2) is 7.98. The van der Waals surface area contributed by atoms with E-state index in [9.17, 15) is 4.79 Å². The first-order valence-corrected chi connectivity index (χ1v) is 10.0. The standard InChI is InChI=1S/C17H22N4OS2/c1-3-12-4-6-13(7-5-12)11(2)18-15(22)10-23-17-21-20-16(24-17)19-14-8-9-14/h4-7,11,14H,3,8-10H2,1-2H3,(H,18,22)(H,19,20). The normalized spacial score (nSPS) is 15.1. The highest BCUT2D eigenvalue weighted by Crippen LogP contribution is 2.30. The number of hydrogen-bond acceptors (Lipinski definition) is 6. The molecule has 0 radical (unpaired) electrons. The lowest BCUT2D eigenvalue weighted by Crippen LogP contribution is -2.28. The Hall–Kier alpha value is -1.60.